The molecule has 6 nitrogen and oxygen atoms in total. The maximum Gasteiger partial charge on any atom is 0.341 e. The molecule has 1 heterocycles. The van der Waals surface area contributed by atoms with Crippen molar-refractivity contribution in [3.8, 4) is 0 Å². The molecule has 10 heteroatoms. The first kappa shape index (κ1) is 14.5. The minimum Gasteiger partial charge on any atom is -0.321 e. The van der Waals surface area contributed by atoms with Crippen molar-refractivity contribution in [2.45, 2.75) is 10.7 Å². The molecule has 0 atom stereocenters. The zero-order valence-electron chi connectivity index (χ0n) is 9.66. The van der Waals surface area contributed by atoms with Crippen LogP contribution in [0.2, 0.25) is 0 Å². The standard InChI is InChI=1S/C10H7F2N3O3S2/c11-10(12)20(17,18)7-3-1-6(2-4-7)14-9(16)8-5-13-19-15-8/h1-5,10H,(H,14,16). The molecule has 1 amide bonds. The van der Waals surface area contributed by atoms with Gasteiger partial charge in [0, 0.05) is 5.69 Å². The quantitative estimate of drug-likeness (QED) is 0.928. The van der Waals surface area contributed by atoms with Gasteiger partial charge in [-0.2, -0.15) is 17.5 Å². The van der Waals surface area contributed by atoms with Crippen LogP contribution >= 0.6 is 11.7 Å². The van der Waals surface area contributed by atoms with Crippen LogP contribution in [0, 0.1) is 0 Å². The van der Waals surface area contributed by atoms with Gasteiger partial charge in [-0.25, -0.2) is 8.42 Å². The molecule has 0 aliphatic carbocycles. The van der Waals surface area contributed by atoms with Crippen LogP contribution in [0.3, 0.4) is 0 Å². The third-order valence-corrected chi connectivity index (χ3v) is 4.15. The summed E-state index contributed by atoms with van der Waals surface area (Å²) in [6.45, 7) is 0. The highest BCUT2D eigenvalue weighted by Crippen LogP contribution is 2.20. The maximum atomic E-state index is 12.3. The van der Waals surface area contributed by atoms with Crippen molar-refractivity contribution in [3.63, 3.8) is 0 Å². The van der Waals surface area contributed by atoms with Crippen molar-refractivity contribution in [2.75, 3.05) is 5.32 Å². The predicted molar refractivity (Wildman–Crippen MR) is 67.5 cm³/mol. The van der Waals surface area contributed by atoms with Gasteiger partial charge in [-0.3, -0.25) is 4.79 Å². The normalized spacial score (nSPS) is 11.6. The number of sulfone groups is 1. The van der Waals surface area contributed by atoms with Gasteiger partial charge in [0.25, 0.3) is 5.91 Å². The van der Waals surface area contributed by atoms with E-state index >= 15 is 0 Å². The Morgan fingerprint density at radius 2 is 1.90 bits per heavy atom. The molecule has 106 valence electrons. The monoisotopic (exact) mass is 319 g/mol. The minimum atomic E-state index is -4.63. The number of anilines is 1. The van der Waals surface area contributed by atoms with E-state index in [2.05, 4.69) is 14.1 Å². The topological polar surface area (TPSA) is 89.0 Å². The third-order valence-electron chi connectivity index (χ3n) is 2.27. The number of carbonyl (C=O) groups excluding carboxylic acids is 1. The second-order valence-electron chi connectivity index (χ2n) is 3.58. The second kappa shape index (κ2) is 5.59. The lowest BCUT2D eigenvalue weighted by atomic mass is 10.3. The predicted octanol–water partition coefficient (Wildman–Crippen LogP) is 1.79. The summed E-state index contributed by atoms with van der Waals surface area (Å²) in [5.74, 6) is -4.01. The molecule has 0 spiro atoms. The highest BCUT2D eigenvalue weighted by atomic mass is 32.2. The first-order valence-electron chi connectivity index (χ1n) is 5.12. The van der Waals surface area contributed by atoms with E-state index in [1.807, 2.05) is 0 Å². The SMILES string of the molecule is O=C(Nc1ccc(S(=O)(=O)C(F)F)cc1)c1cnsn1. The van der Waals surface area contributed by atoms with Gasteiger partial charge in [0.1, 0.15) is 0 Å². The summed E-state index contributed by atoms with van der Waals surface area (Å²) in [7, 11) is -4.63. The number of carbonyl (C=O) groups is 1. The van der Waals surface area contributed by atoms with Crippen molar-refractivity contribution in [3.05, 3.63) is 36.2 Å². The van der Waals surface area contributed by atoms with Crippen LogP contribution in [0.5, 0.6) is 0 Å². The van der Waals surface area contributed by atoms with Crippen molar-refractivity contribution in [2.24, 2.45) is 0 Å². The number of hydrogen-bond donors (Lipinski definition) is 1. The largest absolute Gasteiger partial charge is 0.341 e. The van der Waals surface area contributed by atoms with Gasteiger partial charge in [0.05, 0.1) is 22.8 Å². The summed E-state index contributed by atoms with van der Waals surface area (Å²) < 4.78 is 54.4. The van der Waals surface area contributed by atoms with Gasteiger partial charge in [0.15, 0.2) is 5.69 Å². The maximum absolute atomic E-state index is 12.3. The van der Waals surface area contributed by atoms with E-state index in [0.717, 1.165) is 23.9 Å². The molecule has 2 rings (SSSR count). The van der Waals surface area contributed by atoms with Gasteiger partial charge < -0.3 is 5.32 Å². The van der Waals surface area contributed by atoms with Crippen LogP contribution < -0.4 is 5.32 Å². The van der Waals surface area contributed by atoms with Gasteiger partial charge in [-0.15, -0.1) is 0 Å². The van der Waals surface area contributed by atoms with Crippen molar-refractivity contribution >= 4 is 33.2 Å². The van der Waals surface area contributed by atoms with Crippen LogP contribution in [0.4, 0.5) is 14.5 Å². The fourth-order valence-corrected chi connectivity index (χ4v) is 2.42. The van der Waals surface area contributed by atoms with Crippen LogP contribution in [-0.2, 0) is 9.84 Å². The fourth-order valence-electron chi connectivity index (χ4n) is 1.29. The lowest BCUT2D eigenvalue weighted by Crippen LogP contribution is -2.13. The summed E-state index contributed by atoms with van der Waals surface area (Å²) in [6, 6.07) is 4.42. The van der Waals surface area contributed by atoms with Gasteiger partial charge >= 0.3 is 5.76 Å². The Bertz CT molecular complexity index is 700. The number of alkyl halides is 2. The molecule has 1 N–H and O–H groups in total. The highest BCUT2D eigenvalue weighted by molar-refractivity contribution is 7.91. The van der Waals surface area contributed by atoms with Crippen LogP contribution in [0.1, 0.15) is 10.5 Å². The number of nitrogens with one attached hydrogen (secondary N) is 1. The fraction of sp³-hybridized carbons (Fsp3) is 0.100. The number of rotatable bonds is 4. The summed E-state index contributed by atoms with van der Waals surface area (Å²) >= 11 is 0.864. The first-order chi connectivity index (χ1) is 9.41. The average molecular weight is 319 g/mol. The molecule has 0 aliphatic heterocycles. The molecule has 0 bridgehead atoms. The summed E-state index contributed by atoms with van der Waals surface area (Å²) in [5.41, 5.74) is 0.371. The zero-order chi connectivity index (χ0) is 14.8. The molecular weight excluding hydrogens is 312 g/mol. The van der Waals surface area contributed by atoms with Crippen molar-refractivity contribution in [1.82, 2.24) is 8.75 Å². The number of benzene rings is 1. The van der Waals surface area contributed by atoms with Gasteiger partial charge in [-0.1, -0.05) is 0 Å². The molecule has 1 aromatic heterocycles. The molecule has 20 heavy (non-hydrogen) atoms. The van der Waals surface area contributed by atoms with Crippen LogP contribution in [0.15, 0.2) is 35.4 Å². The number of halogens is 2. The molecule has 0 unspecified atom stereocenters. The van der Waals surface area contributed by atoms with Crippen LogP contribution in [0.25, 0.3) is 0 Å². The Balaban J connectivity index is 2.15. The molecular formula is C10H7F2N3O3S2. The van der Waals surface area contributed by atoms with E-state index in [4.69, 9.17) is 0 Å². The van der Waals surface area contributed by atoms with Crippen molar-refractivity contribution < 1.29 is 22.0 Å². The van der Waals surface area contributed by atoms with E-state index < -0.39 is 26.4 Å². The molecule has 0 fully saturated rings. The van der Waals surface area contributed by atoms with Gasteiger partial charge in [-0.05, 0) is 24.3 Å². The summed E-state index contributed by atoms with van der Waals surface area (Å²) in [6.07, 6.45) is 1.27. The number of nitrogens with zero attached hydrogens (tertiary/aromatic N) is 2. The zero-order valence-corrected chi connectivity index (χ0v) is 11.3. The average Bonchev–Trinajstić information content (AvgIpc) is 2.93. The van der Waals surface area contributed by atoms with Gasteiger partial charge in [0.2, 0.25) is 9.84 Å². The van der Waals surface area contributed by atoms with E-state index in [9.17, 15) is 22.0 Å². The van der Waals surface area contributed by atoms with Crippen LogP contribution in [-0.4, -0.2) is 28.8 Å². The molecule has 0 saturated carbocycles. The Kier molecular flexibility index (Phi) is 4.04. The molecule has 2 aromatic rings. The third kappa shape index (κ3) is 2.96. The Labute approximate surface area is 116 Å². The van der Waals surface area contributed by atoms with E-state index in [1.54, 1.807) is 0 Å². The Morgan fingerprint density at radius 1 is 1.25 bits per heavy atom. The van der Waals surface area contributed by atoms with Crippen molar-refractivity contribution in [1.29, 1.82) is 0 Å². The Hall–Kier alpha value is -1.94. The lowest BCUT2D eigenvalue weighted by molar-refractivity contribution is 0.102. The lowest BCUT2D eigenvalue weighted by Gasteiger charge is -2.05. The first-order valence-corrected chi connectivity index (χ1v) is 7.40. The summed E-state index contributed by atoms with van der Waals surface area (Å²) in [5, 5.41) is 2.44. The minimum absolute atomic E-state index is 0.110. The smallest absolute Gasteiger partial charge is 0.321 e. The number of aromatic nitrogens is 2. The Morgan fingerprint density at radius 3 is 2.40 bits per heavy atom. The summed E-state index contributed by atoms with van der Waals surface area (Å²) in [4.78, 5) is 11.1. The van der Waals surface area contributed by atoms with E-state index in [1.165, 1.54) is 18.3 Å². The second-order valence-corrected chi connectivity index (χ2v) is 6.05. The molecule has 0 radical (unpaired) electrons. The van der Waals surface area contributed by atoms with E-state index in [-0.39, 0.29) is 11.4 Å². The highest BCUT2D eigenvalue weighted by Gasteiger charge is 2.26. The van der Waals surface area contributed by atoms with E-state index in [0.29, 0.717) is 0 Å². The molecule has 0 saturated heterocycles. The molecule has 1 aromatic carbocycles. The number of hydrogen-bond acceptors (Lipinski definition) is 6. The molecule has 0 aliphatic rings. The number of amides is 1.